The number of rotatable bonds is 3. The maximum Gasteiger partial charge on any atom is 0.264 e. The van der Waals surface area contributed by atoms with E-state index >= 15 is 0 Å². The van der Waals surface area contributed by atoms with Crippen LogP contribution < -0.4 is 5.56 Å². The monoisotopic (exact) mass is 370 g/mol. The Bertz CT molecular complexity index is 665. The highest BCUT2D eigenvalue weighted by Gasteiger charge is 2.11. The molecule has 1 aromatic carbocycles. The molecule has 0 unspecified atom stereocenters. The van der Waals surface area contributed by atoms with E-state index in [0.29, 0.717) is 21.7 Å². The second-order valence-corrected chi connectivity index (χ2v) is 5.51. The van der Waals surface area contributed by atoms with Crippen molar-refractivity contribution in [2.24, 2.45) is 0 Å². The van der Waals surface area contributed by atoms with E-state index in [2.05, 4.69) is 16.0 Å². The lowest BCUT2D eigenvalue weighted by molar-refractivity contribution is 0.180. The van der Waals surface area contributed by atoms with E-state index < -0.39 is 0 Å². The van der Waals surface area contributed by atoms with Gasteiger partial charge in [-0.3, -0.25) is 4.79 Å². The highest BCUT2D eigenvalue weighted by molar-refractivity contribution is 14.1. The Morgan fingerprint density at radius 2 is 2.11 bits per heavy atom. The molecule has 0 aliphatic rings. The molecule has 2 rings (SSSR count). The molecule has 0 bridgehead atoms. The average molecular weight is 370 g/mol. The highest BCUT2D eigenvalue weighted by Crippen LogP contribution is 2.21. The first-order valence-corrected chi connectivity index (χ1v) is 6.96. The van der Waals surface area contributed by atoms with Crippen LogP contribution in [-0.2, 0) is 11.3 Å². The first-order chi connectivity index (χ1) is 9.02. The summed E-state index contributed by atoms with van der Waals surface area (Å²) < 4.78 is 5.66. The summed E-state index contributed by atoms with van der Waals surface area (Å²) in [6.07, 6.45) is 0. The van der Waals surface area contributed by atoms with Crippen molar-refractivity contribution >= 4 is 22.6 Å². The SMILES string of the molecule is COCc1nc(-c2ccc(C)cc2C)[nH]c(=O)c1I. The number of H-pyrrole nitrogens is 1. The summed E-state index contributed by atoms with van der Waals surface area (Å²) in [6, 6.07) is 6.06. The van der Waals surface area contributed by atoms with Crippen molar-refractivity contribution in [1.29, 1.82) is 0 Å². The molecule has 0 amide bonds. The molecule has 0 fully saturated rings. The number of ether oxygens (including phenoxy) is 1. The molecular weight excluding hydrogens is 355 g/mol. The first-order valence-electron chi connectivity index (χ1n) is 5.88. The minimum absolute atomic E-state index is 0.127. The second kappa shape index (κ2) is 5.83. The van der Waals surface area contributed by atoms with Gasteiger partial charge in [0, 0.05) is 12.7 Å². The van der Waals surface area contributed by atoms with Crippen LogP contribution in [0.1, 0.15) is 16.8 Å². The number of hydrogen-bond donors (Lipinski definition) is 1. The first kappa shape index (κ1) is 14.2. The van der Waals surface area contributed by atoms with Crippen molar-refractivity contribution < 1.29 is 4.74 Å². The van der Waals surface area contributed by atoms with Crippen molar-refractivity contribution in [3.63, 3.8) is 0 Å². The lowest BCUT2D eigenvalue weighted by Crippen LogP contribution is -2.17. The van der Waals surface area contributed by atoms with Gasteiger partial charge < -0.3 is 9.72 Å². The molecule has 0 radical (unpaired) electrons. The molecule has 5 heteroatoms. The predicted molar refractivity (Wildman–Crippen MR) is 83.2 cm³/mol. The predicted octanol–water partition coefficient (Wildman–Crippen LogP) is 2.80. The number of aromatic amines is 1. The fourth-order valence-corrected chi connectivity index (χ4v) is 2.36. The van der Waals surface area contributed by atoms with Crippen LogP contribution in [0.2, 0.25) is 0 Å². The van der Waals surface area contributed by atoms with Crippen LogP contribution in [0.5, 0.6) is 0 Å². The average Bonchev–Trinajstić information content (AvgIpc) is 2.35. The summed E-state index contributed by atoms with van der Waals surface area (Å²) in [4.78, 5) is 19.2. The van der Waals surface area contributed by atoms with Gasteiger partial charge in [0.05, 0.1) is 12.3 Å². The molecular formula is C14H15IN2O2. The quantitative estimate of drug-likeness (QED) is 0.846. The molecule has 1 heterocycles. The van der Waals surface area contributed by atoms with Crippen LogP contribution in [0.4, 0.5) is 0 Å². The van der Waals surface area contributed by atoms with E-state index in [1.54, 1.807) is 7.11 Å². The number of methoxy groups -OCH3 is 1. The largest absolute Gasteiger partial charge is 0.378 e. The van der Waals surface area contributed by atoms with Gasteiger partial charge in [-0.1, -0.05) is 23.8 Å². The number of benzene rings is 1. The summed E-state index contributed by atoms with van der Waals surface area (Å²) in [5, 5.41) is 0. The Labute approximate surface area is 125 Å². The Kier molecular flexibility index (Phi) is 4.36. The standard InChI is InChI=1S/C14H15IN2O2/c1-8-4-5-10(9(2)6-8)13-16-11(7-19-3)12(15)14(18)17-13/h4-6H,7H2,1-3H3,(H,16,17,18). The molecule has 0 spiro atoms. The summed E-state index contributed by atoms with van der Waals surface area (Å²) >= 11 is 1.99. The topological polar surface area (TPSA) is 55.0 Å². The third-order valence-corrected chi connectivity index (χ3v) is 3.96. The van der Waals surface area contributed by atoms with E-state index in [1.807, 2.05) is 48.6 Å². The number of nitrogens with one attached hydrogen (secondary N) is 1. The van der Waals surface area contributed by atoms with Crippen LogP contribution in [0.3, 0.4) is 0 Å². The van der Waals surface area contributed by atoms with Gasteiger partial charge in [-0.05, 0) is 42.0 Å². The third kappa shape index (κ3) is 3.03. The van der Waals surface area contributed by atoms with Crippen molar-refractivity contribution in [3.8, 4) is 11.4 Å². The van der Waals surface area contributed by atoms with Crippen molar-refractivity contribution in [2.75, 3.05) is 7.11 Å². The molecule has 19 heavy (non-hydrogen) atoms. The molecule has 0 aliphatic carbocycles. The van der Waals surface area contributed by atoms with E-state index in [0.717, 1.165) is 11.1 Å². The molecule has 0 saturated carbocycles. The molecule has 0 atom stereocenters. The fourth-order valence-electron chi connectivity index (χ4n) is 1.94. The third-order valence-electron chi connectivity index (χ3n) is 2.85. The summed E-state index contributed by atoms with van der Waals surface area (Å²) in [5.41, 5.74) is 3.76. The highest BCUT2D eigenvalue weighted by atomic mass is 127. The second-order valence-electron chi connectivity index (χ2n) is 4.43. The molecule has 4 nitrogen and oxygen atoms in total. The lowest BCUT2D eigenvalue weighted by Gasteiger charge is -2.09. The fraction of sp³-hybridized carbons (Fsp3) is 0.286. The van der Waals surface area contributed by atoms with Crippen LogP contribution in [0, 0.1) is 17.4 Å². The van der Waals surface area contributed by atoms with Crippen LogP contribution in [0.15, 0.2) is 23.0 Å². The van der Waals surface area contributed by atoms with Crippen molar-refractivity contribution in [2.45, 2.75) is 20.5 Å². The molecule has 0 aliphatic heterocycles. The Morgan fingerprint density at radius 1 is 1.37 bits per heavy atom. The molecule has 1 aromatic heterocycles. The van der Waals surface area contributed by atoms with Crippen molar-refractivity contribution in [3.05, 3.63) is 48.9 Å². The minimum atomic E-state index is -0.127. The number of aromatic nitrogens is 2. The van der Waals surface area contributed by atoms with Gasteiger partial charge in [0.1, 0.15) is 9.39 Å². The van der Waals surface area contributed by atoms with Gasteiger partial charge in [-0.15, -0.1) is 0 Å². The normalized spacial score (nSPS) is 10.7. The maximum absolute atomic E-state index is 11.9. The zero-order valence-corrected chi connectivity index (χ0v) is 13.2. The van der Waals surface area contributed by atoms with E-state index in [9.17, 15) is 4.79 Å². The number of hydrogen-bond acceptors (Lipinski definition) is 3. The van der Waals surface area contributed by atoms with E-state index in [1.165, 1.54) is 5.56 Å². The van der Waals surface area contributed by atoms with Crippen LogP contribution in [-0.4, -0.2) is 17.1 Å². The smallest absolute Gasteiger partial charge is 0.264 e. The number of halogens is 1. The maximum atomic E-state index is 11.9. The molecule has 1 N–H and O–H groups in total. The Hall–Kier alpha value is -1.21. The number of aryl methyl sites for hydroxylation is 2. The van der Waals surface area contributed by atoms with Gasteiger partial charge in [0.15, 0.2) is 0 Å². The number of nitrogens with zero attached hydrogens (tertiary/aromatic N) is 1. The Morgan fingerprint density at radius 3 is 2.74 bits per heavy atom. The van der Waals surface area contributed by atoms with Gasteiger partial charge in [-0.25, -0.2) is 4.98 Å². The summed E-state index contributed by atoms with van der Waals surface area (Å²) in [6.45, 7) is 4.38. The Balaban J connectivity index is 2.59. The lowest BCUT2D eigenvalue weighted by atomic mass is 10.1. The van der Waals surface area contributed by atoms with Gasteiger partial charge in [0.25, 0.3) is 5.56 Å². The molecule has 100 valence electrons. The zero-order chi connectivity index (χ0) is 14.0. The van der Waals surface area contributed by atoms with Gasteiger partial charge in [-0.2, -0.15) is 0 Å². The molecule has 0 saturated heterocycles. The van der Waals surface area contributed by atoms with Crippen LogP contribution >= 0.6 is 22.6 Å². The minimum Gasteiger partial charge on any atom is -0.378 e. The van der Waals surface area contributed by atoms with E-state index in [4.69, 9.17) is 4.74 Å². The van der Waals surface area contributed by atoms with Crippen molar-refractivity contribution in [1.82, 2.24) is 9.97 Å². The molecule has 2 aromatic rings. The summed E-state index contributed by atoms with van der Waals surface area (Å²) in [5.74, 6) is 0.593. The van der Waals surface area contributed by atoms with Crippen LogP contribution in [0.25, 0.3) is 11.4 Å². The van der Waals surface area contributed by atoms with E-state index in [-0.39, 0.29) is 5.56 Å². The van der Waals surface area contributed by atoms with Gasteiger partial charge in [0.2, 0.25) is 0 Å². The zero-order valence-electron chi connectivity index (χ0n) is 11.1. The van der Waals surface area contributed by atoms with Gasteiger partial charge >= 0.3 is 0 Å². The summed E-state index contributed by atoms with van der Waals surface area (Å²) in [7, 11) is 1.59.